The Hall–Kier alpha value is -3.45. The maximum absolute atomic E-state index is 12.5. The van der Waals surface area contributed by atoms with Crippen LogP contribution in [-0.2, 0) is 19.1 Å². The van der Waals surface area contributed by atoms with Crippen molar-refractivity contribution in [2.24, 2.45) is 11.5 Å². The minimum atomic E-state index is -1.18. The van der Waals surface area contributed by atoms with Gasteiger partial charge in [-0.3, -0.25) is 14.8 Å². The highest BCUT2D eigenvalue weighted by Crippen LogP contribution is 2.21. The Bertz CT molecular complexity index is 917. The number of rotatable bonds is 9. The highest BCUT2D eigenvalue weighted by atomic mass is 16.6. The largest absolute Gasteiger partial charge is 0.464 e. The number of aromatic nitrogens is 2. The first-order valence-corrected chi connectivity index (χ1v) is 10.1. The second-order valence-corrected chi connectivity index (χ2v) is 7.28. The summed E-state index contributed by atoms with van der Waals surface area (Å²) < 4.78 is 12.0. The van der Waals surface area contributed by atoms with Gasteiger partial charge >= 0.3 is 11.7 Å². The SMILES string of the molecule is CCOC(=O)[C@H]1O[C@@H](n2ccc(N)nc2=O)C=C[C@@H]1NC(=O)C[C@@H](N)CCN(C)C(=N)N. The third kappa shape index (κ3) is 6.78. The summed E-state index contributed by atoms with van der Waals surface area (Å²) in [6.07, 6.45) is 2.82. The zero-order chi connectivity index (χ0) is 23.8. The molecule has 13 nitrogen and oxygen atoms in total. The third-order valence-corrected chi connectivity index (χ3v) is 4.76. The summed E-state index contributed by atoms with van der Waals surface area (Å²) in [6.45, 7) is 2.19. The number of nitrogens with zero attached hydrogens (tertiary/aromatic N) is 3. The van der Waals surface area contributed by atoms with Gasteiger partial charge in [0.25, 0.3) is 0 Å². The number of hydrogen-bond donors (Lipinski definition) is 5. The molecule has 1 amide bonds. The maximum atomic E-state index is 12.5. The summed E-state index contributed by atoms with van der Waals surface area (Å²) in [7, 11) is 1.65. The summed E-state index contributed by atoms with van der Waals surface area (Å²) in [5.41, 5.74) is 16.2. The number of nitrogens with two attached hydrogens (primary N) is 3. The number of nitrogens with one attached hydrogen (secondary N) is 2. The molecule has 8 N–H and O–H groups in total. The molecule has 0 fully saturated rings. The van der Waals surface area contributed by atoms with E-state index in [0.29, 0.717) is 13.0 Å². The number of carbonyl (C=O) groups is 2. The lowest BCUT2D eigenvalue weighted by Crippen LogP contribution is -2.51. The van der Waals surface area contributed by atoms with E-state index in [1.54, 1.807) is 20.0 Å². The van der Waals surface area contributed by atoms with Crippen molar-refractivity contribution in [3.05, 3.63) is 34.9 Å². The second kappa shape index (κ2) is 11.2. The molecule has 13 heteroatoms. The molecule has 0 radical (unpaired) electrons. The molecule has 0 saturated heterocycles. The average molecular weight is 451 g/mol. The Kier molecular flexibility index (Phi) is 8.72. The molecule has 176 valence electrons. The van der Waals surface area contributed by atoms with E-state index in [1.807, 2.05) is 0 Å². The summed E-state index contributed by atoms with van der Waals surface area (Å²) in [5.74, 6) is -1.10. The Labute approximate surface area is 185 Å². The Morgan fingerprint density at radius 1 is 1.44 bits per heavy atom. The van der Waals surface area contributed by atoms with Gasteiger partial charge < -0.3 is 36.9 Å². The molecule has 0 saturated carbocycles. The molecule has 1 aromatic heterocycles. The van der Waals surface area contributed by atoms with Gasteiger partial charge in [-0.2, -0.15) is 4.98 Å². The number of carbonyl (C=O) groups excluding carboxylic acids is 2. The molecule has 2 rings (SSSR count). The molecule has 0 spiro atoms. The van der Waals surface area contributed by atoms with Crippen molar-refractivity contribution in [2.75, 3.05) is 25.9 Å². The van der Waals surface area contributed by atoms with Gasteiger partial charge in [0.05, 0.1) is 12.6 Å². The number of anilines is 1. The van der Waals surface area contributed by atoms with Crippen LogP contribution < -0.4 is 28.2 Å². The zero-order valence-electron chi connectivity index (χ0n) is 18.1. The van der Waals surface area contributed by atoms with Crippen LogP contribution in [0.4, 0.5) is 5.82 Å². The molecule has 1 aliphatic rings. The van der Waals surface area contributed by atoms with Crippen molar-refractivity contribution in [3.63, 3.8) is 0 Å². The first-order valence-electron chi connectivity index (χ1n) is 10.1. The fourth-order valence-corrected chi connectivity index (χ4v) is 2.99. The smallest absolute Gasteiger partial charge is 0.351 e. The Morgan fingerprint density at radius 2 is 2.16 bits per heavy atom. The minimum Gasteiger partial charge on any atom is -0.464 e. The van der Waals surface area contributed by atoms with Gasteiger partial charge in [-0.05, 0) is 25.5 Å². The second-order valence-electron chi connectivity index (χ2n) is 7.28. The molecule has 4 atom stereocenters. The van der Waals surface area contributed by atoms with Crippen molar-refractivity contribution in [1.29, 1.82) is 5.41 Å². The van der Waals surface area contributed by atoms with Crippen LogP contribution in [0.3, 0.4) is 0 Å². The summed E-state index contributed by atoms with van der Waals surface area (Å²) >= 11 is 0. The van der Waals surface area contributed by atoms with Crippen LogP contribution in [0.25, 0.3) is 0 Å². The van der Waals surface area contributed by atoms with E-state index in [4.69, 9.17) is 32.1 Å². The highest BCUT2D eigenvalue weighted by Gasteiger charge is 2.36. The normalized spacial score (nSPS) is 20.9. The minimum absolute atomic E-state index is 0.00357. The number of hydrogen-bond acceptors (Lipinski definition) is 9. The molecule has 0 aliphatic carbocycles. The Balaban J connectivity index is 2.07. The lowest BCUT2D eigenvalue weighted by atomic mass is 10.1. The molecule has 0 bridgehead atoms. The quantitative estimate of drug-likeness (QED) is 0.124. The first kappa shape index (κ1) is 24.8. The van der Waals surface area contributed by atoms with Gasteiger partial charge in [-0.1, -0.05) is 6.08 Å². The van der Waals surface area contributed by atoms with Crippen LogP contribution in [0.15, 0.2) is 29.2 Å². The number of amides is 1. The predicted molar refractivity (Wildman–Crippen MR) is 116 cm³/mol. The average Bonchev–Trinajstić information content (AvgIpc) is 2.72. The molecule has 1 aromatic rings. The van der Waals surface area contributed by atoms with Crippen molar-refractivity contribution >= 4 is 23.7 Å². The topological polar surface area (TPSA) is 205 Å². The molecular weight excluding hydrogens is 420 g/mol. The van der Waals surface area contributed by atoms with Crippen molar-refractivity contribution in [2.45, 2.75) is 44.2 Å². The van der Waals surface area contributed by atoms with Crippen molar-refractivity contribution < 1.29 is 19.1 Å². The van der Waals surface area contributed by atoms with E-state index in [2.05, 4.69) is 10.3 Å². The van der Waals surface area contributed by atoms with E-state index in [9.17, 15) is 14.4 Å². The first-order chi connectivity index (χ1) is 15.1. The van der Waals surface area contributed by atoms with Crippen LogP contribution in [0.1, 0.15) is 26.0 Å². The molecule has 32 heavy (non-hydrogen) atoms. The molecular formula is C19H30N8O5. The standard InChI is InChI=1S/C19H30N8O5/c1-3-31-17(29)16-12(24-14(28)10-11(20)6-8-26(2)18(22)23)4-5-15(32-16)27-9-7-13(21)25-19(27)30/h4-5,7,9,11-12,15-16H,3,6,8,10,20H2,1-2H3,(H3,22,23)(H,24,28)(H2,21,25,30)/t11-,12-,15+,16-/m0/s1. The van der Waals surface area contributed by atoms with Gasteiger partial charge in [0.15, 0.2) is 18.3 Å². The van der Waals surface area contributed by atoms with Gasteiger partial charge in [-0.25, -0.2) is 9.59 Å². The zero-order valence-corrected chi connectivity index (χ0v) is 18.1. The van der Waals surface area contributed by atoms with E-state index in [1.165, 1.54) is 27.8 Å². The monoisotopic (exact) mass is 450 g/mol. The van der Waals surface area contributed by atoms with Crippen LogP contribution >= 0.6 is 0 Å². The fourth-order valence-electron chi connectivity index (χ4n) is 2.99. The van der Waals surface area contributed by atoms with Crippen LogP contribution in [-0.4, -0.2) is 70.7 Å². The lowest BCUT2D eigenvalue weighted by molar-refractivity contribution is -0.165. The van der Waals surface area contributed by atoms with Gasteiger partial charge in [-0.15, -0.1) is 0 Å². The predicted octanol–water partition coefficient (Wildman–Crippen LogP) is -1.74. The lowest BCUT2D eigenvalue weighted by Gasteiger charge is -2.32. The highest BCUT2D eigenvalue weighted by molar-refractivity contribution is 5.81. The van der Waals surface area contributed by atoms with E-state index in [0.717, 1.165) is 0 Å². The van der Waals surface area contributed by atoms with E-state index >= 15 is 0 Å². The van der Waals surface area contributed by atoms with Crippen LogP contribution in [0.2, 0.25) is 0 Å². The van der Waals surface area contributed by atoms with Gasteiger partial charge in [0.2, 0.25) is 5.91 Å². The molecule has 1 aliphatic heterocycles. The van der Waals surface area contributed by atoms with Gasteiger partial charge in [0.1, 0.15) is 5.82 Å². The molecule has 0 aromatic carbocycles. The van der Waals surface area contributed by atoms with Crippen molar-refractivity contribution in [1.82, 2.24) is 19.8 Å². The Morgan fingerprint density at radius 3 is 2.78 bits per heavy atom. The van der Waals surface area contributed by atoms with Crippen LogP contribution in [0.5, 0.6) is 0 Å². The fraction of sp³-hybridized carbons (Fsp3) is 0.526. The number of ether oxygens (including phenoxy) is 2. The molecule has 0 unspecified atom stereocenters. The number of guanidine groups is 1. The van der Waals surface area contributed by atoms with E-state index < -0.39 is 36.1 Å². The third-order valence-electron chi connectivity index (χ3n) is 4.76. The van der Waals surface area contributed by atoms with E-state index in [-0.39, 0.29) is 30.7 Å². The van der Waals surface area contributed by atoms with Gasteiger partial charge in [0, 0.05) is 32.3 Å². The van der Waals surface area contributed by atoms with Crippen LogP contribution in [0, 0.1) is 5.41 Å². The number of esters is 1. The van der Waals surface area contributed by atoms with Crippen molar-refractivity contribution in [3.8, 4) is 0 Å². The maximum Gasteiger partial charge on any atom is 0.351 e. The number of nitrogen functional groups attached to an aromatic ring is 1. The molecule has 2 heterocycles. The summed E-state index contributed by atoms with van der Waals surface area (Å²) in [5, 5.41) is 10.1. The summed E-state index contributed by atoms with van der Waals surface area (Å²) in [4.78, 5) is 42.2. The summed E-state index contributed by atoms with van der Waals surface area (Å²) in [6, 6.07) is 0.136.